The van der Waals surface area contributed by atoms with Crippen LogP contribution in [-0.4, -0.2) is 11.2 Å². The van der Waals surface area contributed by atoms with Crippen LogP contribution >= 0.6 is 11.6 Å². The molecule has 18 heavy (non-hydrogen) atoms. The van der Waals surface area contributed by atoms with E-state index < -0.39 is 17.8 Å². The van der Waals surface area contributed by atoms with E-state index in [9.17, 15) is 18.3 Å². The van der Waals surface area contributed by atoms with Gasteiger partial charge in [0, 0.05) is 5.92 Å². The highest BCUT2D eigenvalue weighted by atomic mass is 35.5. The standard InChI is InChI=1S/C13H14ClF3O/c14-11-6-5-8(7-10(11)13(15,16)17)9-3-1-2-4-12(9)18/h5-7,9,12,18H,1-4H2/t9-,12-/m1/s1. The van der Waals surface area contributed by atoms with Gasteiger partial charge in [0.25, 0.3) is 0 Å². The van der Waals surface area contributed by atoms with Crippen LogP contribution in [0.4, 0.5) is 13.2 Å². The van der Waals surface area contributed by atoms with Gasteiger partial charge in [0.2, 0.25) is 0 Å². The van der Waals surface area contributed by atoms with Crippen LogP contribution in [0.5, 0.6) is 0 Å². The van der Waals surface area contributed by atoms with Crippen LogP contribution in [0.25, 0.3) is 0 Å². The summed E-state index contributed by atoms with van der Waals surface area (Å²) in [7, 11) is 0. The summed E-state index contributed by atoms with van der Waals surface area (Å²) in [6, 6.07) is 3.92. The predicted molar refractivity (Wildman–Crippen MR) is 63.7 cm³/mol. The van der Waals surface area contributed by atoms with Gasteiger partial charge in [0.05, 0.1) is 16.7 Å². The Kier molecular flexibility index (Phi) is 3.87. The molecule has 0 aromatic heterocycles. The average Bonchev–Trinajstić information content (AvgIpc) is 2.29. The zero-order valence-electron chi connectivity index (χ0n) is 9.67. The second-order valence-corrected chi connectivity index (χ2v) is 5.10. The molecule has 100 valence electrons. The van der Waals surface area contributed by atoms with Gasteiger partial charge in [0.15, 0.2) is 0 Å². The highest BCUT2D eigenvalue weighted by Crippen LogP contribution is 2.39. The first kappa shape index (κ1) is 13.7. The summed E-state index contributed by atoms with van der Waals surface area (Å²) in [4.78, 5) is 0. The highest BCUT2D eigenvalue weighted by molar-refractivity contribution is 6.31. The quantitative estimate of drug-likeness (QED) is 0.808. The van der Waals surface area contributed by atoms with Gasteiger partial charge in [-0.05, 0) is 30.5 Å². The van der Waals surface area contributed by atoms with E-state index in [1.165, 1.54) is 6.07 Å². The number of hydrogen-bond acceptors (Lipinski definition) is 1. The summed E-state index contributed by atoms with van der Waals surface area (Å²) in [5, 5.41) is 9.58. The first-order valence-electron chi connectivity index (χ1n) is 5.94. The molecule has 0 spiro atoms. The van der Waals surface area contributed by atoms with Gasteiger partial charge in [-0.1, -0.05) is 30.5 Å². The minimum absolute atomic E-state index is 0.211. The largest absolute Gasteiger partial charge is 0.417 e. The van der Waals surface area contributed by atoms with Crippen molar-refractivity contribution in [1.82, 2.24) is 0 Å². The Morgan fingerprint density at radius 2 is 1.83 bits per heavy atom. The molecule has 0 saturated heterocycles. The van der Waals surface area contributed by atoms with Crippen LogP contribution in [0.1, 0.15) is 42.7 Å². The molecule has 1 aliphatic rings. The lowest BCUT2D eigenvalue weighted by Gasteiger charge is -2.28. The second kappa shape index (κ2) is 5.10. The topological polar surface area (TPSA) is 20.2 Å². The Morgan fingerprint density at radius 1 is 1.17 bits per heavy atom. The highest BCUT2D eigenvalue weighted by Gasteiger charge is 2.34. The lowest BCUT2D eigenvalue weighted by Crippen LogP contribution is -2.23. The van der Waals surface area contributed by atoms with E-state index >= 15 is 0 Å². The molecule has 1 N–H and O–H groups in total. The van der Waals surface area contributed by atoms with Crippen LogP contribution in [0.15, 0.2) is 18.2 Å². The minimum Gasteiger partial charge on any atom is -0.392 e. The zero-order chi connectivity index (χ0) is 13.3. The van der Waals surface area contributed by atoms with E-state index in [1.807, 2.05) is 0 Å². The molecule has 0 unspecified atom stereocenters. The van der Waals surface area contributed by atoms with Crippen LogP contribution < -0.4 is 0 Å². The summed E-state index contributed by atoms with van der Waals surface area (Å²) in [6.45, 7) is 0. The molecule has 2 rings (SSSR count). The van der Waals surface area contributed by atoms with Crippen LogP contribution in [-0.2, 0) is 6.18 Å². The van der Waals surface area contributed by atoms with E-state index in [0.717, 1.165) is 25.3 Å². The fourth-order valence-electron chi connectivity index (χ4n) is 2.49. The Labute approximate surface area is 109 Å². The van der Waals surface area contributed by atoms with E-state index in [4.69, 9.17) is 11.6 Å². The monoisotopic (exact) mass is 278 g/mol. The minimum atomic E-state index is -4.45. The number of aliphatic hydroxyl groups excluding tert-OH is 1. The van der Waals surface area contributed by atoms with E-state index in [2.05, 4.69) is 0 Å². The van der Waals surface area contributed by atoms with Crippen LogP contribution in [0, 0.1) is 0 Å². The van der Waals surface area contributed by atoms with Crippen LogP contribution in [0.3, 0.4) is 0 Å². The van der Waals surface area contributed by atoms with Crippen molar-refractivity contribution < 1.29 is 18.3 Å². The average molecular weight is 279 g/mol. The number of hydrogen-bond donors (Lipinski definition) is 1. The van der Waals surface area contributed by atoms with Crippen LogP contribution in [0.2, 0.25) is 5.02 Å². The predicted octanol–water partition coefficient (Wildman–Crippen LogP) is 4.38. The van der Waals surface area contributed by atoms with E-state index in [0.29, 0.717) is 12.0 Å². The smallest absolute Gasteiger partial charge is 0.392 e. The third-order valence-corrected chi connectivity index (χ3v) is 3.78. The summed E-state index contributed by atoms with van der Waals surface area (Å²) in [5.74, 6) is -0.211. The lowest BCUT2D eigenvalue weighted by molar-refractivity contribution is -0.137. The van der Waals surface area contributed by atoms with Crippen molar-refractivity contribution in [1.29, 1.82) is 0 Å². The van der Waals surface area contributed by atoms with Crippen molar-refractivity contribution in [2.24, 2.45) is 0 Å². The maximum atomic E-state index is 12.7. The van der Waals surface area contributed by atoms with Gasteiger partial charge in [-0.2, -0.15) is 13.2 Å². The first-order valence-corrected chi connectivity index (χ1v) is 6.32. The molecule has 2 atom stereocenters. The molecule has 1 nitrogen and oxygen atoms in total. The lowest BCUT2D eigenvalue weighted by atomic mass is 9.81. The molecule has 0 amide bonds. The third-order valence-electron chi connectivity index (χ3n) is 3.45. The van der Waals surface area contributed by atoms with Gasteiger partial charge >= 0.3 is 6.18 Å². The maximum Gasteiger partial charge on any atom is 0.417 e. The van der Waals surface area contributed by atoms with Crippen molar-refractivity contribution in [3.8, 4) is 0 Å². The van der Waals surface area contributed by atoms with Crippen molar-refractivity contribution in [3.63, 3.8) is 0 Å². The van der Waals surface area contributed by atoms with Gasteiger partial charge < -0.3 is 5.11 Å². The summed E-state index contributed by atoms with van der Waals surface area (Å²) in [6.07, 6.45) is -1.77. The molecule has 1 saturated carbocycles. The van der Waals surface area contributed by atoms with Gasteiger partial charge in [0.1, 0.15) is 0 Å². The van der Waals surface area contributed by atoms with Crippen molar-refractivity contribution in [2.45, 2.75) is 43.9 Å². The molecule has 1 aliphatic carbocycles. The SMILES string of the molecule is O[C@@H]1CCCC[C@@H]1c1ccc(Cl)c(C(F)(F)F)c1. The molecular formula is C13H14ClF3O. The normalized spacial score (nSPS) is 25.2. The van der Waals surface area contributed by atoms with Gasteiger partial charge in [-0.3, -0.25) is 0 Å². The maximum absolute atomic E-state index is 12.7. The molecule has 1 aromatic rings. The molecule has 0 radical (unpaired) electrons. The molecule has 1 fully saturated rings. The Morgan fingerprint density at radius 3 is 2.44 bits per heavy atom. The van der Waals surface area contributed by atoms with E-state index in [-0.39, 0.29) is 10.9 Å². The van der Waals surface area contributed by atoms with Crippen molar-refractivity contribution in [3.05, 3.63) is 34.3 Å². The fourth-order valence-corrected chi connectivity index (χ4v) is 2.72. The van der Waals surface area contributed by atoms with Gasteiger partial charge in [-0.15, -0.1) is 0 Å². The number of alkyl halides is 3. The zero-order valence-corrected chi connectivity index (χ0v) is 10.4. The van der Waals surface area contributed by atoms with Crippen molar-refractivity contribution >= 4 is 11.6 Å². The second-order valence-electron chi connectivity index (χ2n) is 4.70. The molecular weight excluding hydrogens is 265 g/mol. The fraction of sp³-hybridized carbons (Fsp3) is 0.538. The Balaban J connectivity index is 2.34. The number of rotatable bonds is 1. The molecule has 0 aliphatic heterocycles. The molecule has 5 heteroatoms. The summed E-state index contributed by atoms with van der Waals surface area (Å²) >= 11 is 5.57. The molecule has 0 bridgehead atoms. The molecule has 1 aromatic carbocycles. The molecule has 0 heterocycles. The van der Waals surface area contributed by atoms with E-state index in [1.54, 1.807) is 6.07 Å². The number of benzene rings is 1. The third kappa shape index (κ3) is 2.81. The summed E-state index contributed by atoms with van der Waals surface area (Å²) < 4.78 is 38.2. The van der Waals surface area contributed by atoms with Crippen molar-refractivity contribution in [2.75, 3.05) is 0 Å². The van der Waals surface area contributed by atoms with Gasteiger partial charge in [-0.25, -0.2) is 0 Å². The number of aliphatic hydroxyl groups is 1. The number of halogens is 4. The Hall–Kier alpha value is -0.740. The Bertz CT molecular complexity index is 431. The first-order chi connectivity index (χ1) is 8.39. The summed E-state index contributed by atoms with van der Waals surface area (Å²) in [5.41, 5.74) is -0.293.